The molecule has 0 amide bonds. The van der Waals surface area contributed by atoms with Crippen molar-refractivity contribution in [2.75, 3.05) is 0 Å². The van der Waals surface area contributed by atoms with E-state index in [1.165, 1.54) is 6.26 Å². The Morgan fingerprint density at radius 3 is 2.79 bits per heavy atom. The highest BCUT2D eigenvalue weighted by Gasteiger charge is 2.08. The maximum atomic E-state index is 11.8. The molecule has 0 bridgehead atoms. The van der Waals surface area contributed by atoms with Gasteiger partial charge in [0, 0.05) is 6.07 Å². The van der Waals surface area contributed by atoms with Crippen molar-refractivity contribution in [1.29, 1.82) is 0 Å². The molecular weight excluding hydrogens is 180 g/mol. The summed E-state index contributed by atoms with van der Waals surface area (Å²) in [5, 5.41) is 0.551. The molecule has 0 saturated heterocycles. The van der Waals surface area contributed by atoms with Gasteiger partial charge in [0.1, 0.15) is 5.58 Å². The predicted octanol–water partition coefficient (Wildman–Crippen LogP) is 2.54. The number of rotatable bonds is 0. The summed E-state index contributed by atoms with van der Waals surface area (Å²) in [6, 6.07) is 8.76. The molecule has 0 aliphatic carbocycles. The summed E-state index contributed by atoms with van der Waals surface area (Å²) in [5.41, 5.74) is 1.25. The molecule has 0 unspecified atom stereocenters. The predicted molar refractivity (Wildman–Crippen MR) is 52.3 cm³/mol. The number of hydrogen-bond donors (Lipinski definition) is 0. The minimum Gasteiger partial charge on any atom is -0.457 e. The Morgan fingerprint density at radius 2 is 1.86 bits per heavy atom. The van der Waals surface area contributed by atoms with Crippen LogP contribution in [0.4, 0.5) is 0 Å². The SMILES string of the molecule is O=c1c2ccccc2oc2ccoc12. The Labute approximate surface area is 78.6 Å². The molecule has 0 spiro atoms. The minimum absolute atomic E-state index is 0.119. The zero-order valence-corrected chi connectivity index (χ0v) is 7.19. The van der Waals surface area contributed by atoms with Crippen LogP contribution >= 0.6 is 0 Å². The third kappa shape index (κ3) is 0.836. The van der Waals surface area contributed by atoms with Crippen molar-refractivity contribution in [2.45, 2.75) is 0 Å². The van der Waals surface area contributed by atoms with Crippen LogP contribution in [-0.4, -0.2) is 0 Å². The van der Waals surface area contributed by atoms with Gasteiger partial charge in [0.05, 0.1) is 11.6 Å². The summed E-state index contributed by atoms with van der Waals surface area (Å²) in [4.78, 5) is 11.8. The molecule has 3 rings (SSSR count). The smallest absolute Gasteiger partial charge is 0.235 e. The first-order chi connectivity index (χ1) is 6.86. The number of fused-ring (bicyclic) bond motifs is 2. The first-order valence-corrected chi connectivity index (χ1v) is 4.25. The standard InChI is InChI=1S/C11H6O3/c12-10-7-3-1-2-4-8(7)14-9-5-6-13-11(9)10/h1-6H. The maximum Gasteiger partial charge on any atom is 0.235 e. The molecule has 0 aliphatic heterocycles. The first kappa shape index (κ1) is 7.38. The third-order valence-corrected chi connectivity index (χ3v) is 2.19. The molecule has 3 nitrogen and oxygen atoms in total. The summed E-state index contributed by atoms with van der Waals surface area (Å²) >= 11 is 0. The Hall–Kier alpha value is -2.03. The van der Waals surface area contributed by atoms with Gasteiger partial charge in [-0.1, -0.05) is 12.1 Å². The number of hydrogen-bond acceptors (Lipinski definition) is 3. The second-order valence-electron chi connectivity index (χ2n) is 3.04. The fourth-order valence-electron chi connectivity index (χ4n) is 1.53. The van der Waals surface area contributed by atoms with Crippen LogP contribution in [0.5, 0.6) is 0 Å². The van der Waals surface area contributed by atoms with Gasteiger partial charge in [0.25, 0.3) is 0 Å². The molecule has 0 N–H and O–H groups in total. The average Bonchev–Trinajstić information content (AvgIpc) is 2.66. The van der Waals surface area contributed by atoms with E-state index in [-0.39, 0.29) is 11.0 Å². The van der Waals surface area contributed by atoms with Crippen molar-refractivity contribution in [1.82, 2.24) is 0 Å². The highest BCUT2D eigenvalue weighted by Crippen LogP contribution is 2.18. The lowest BCUT2D eigenvalue weighted by Crippen LogP contribution is -1.99. The van der Waals surface area contributed by atoms with Crippen LogP contribution in [0.1, 0.15) is 0 Å². The van der Waals surface area contributed by atoms with Crippen molar-refractivity contribution < 1.29 is 8.83 Å². The van der Waals surface area contributed by atoms with Crippen molar-refractivity contribution in [3.8, 4) is 0 Å². The van der Waals surface area contributed by atoms with E-state index in [9.17, 15) is 4.79 Å². The van der Waals surface area contributed by atoms with E-state index >= 15 is 0 Å². The third-order valence-electron chi connectivity index (χ3n) is 2.19. The van der Waals surface area contributed by atoms with E-state index < -0.39 is 0 Å². The van der Waals surface area contributed by atoms with Crippen molar-refractivity contribution in [3.63, 3.8) is 0 Å². The van der Waals surface area contributed by atoms with Gasteiger partial charge in [0.15, 0.2) is 5.58 Å². The van der Waals surface area contributed by atoms with Gasteiger partial charge in [-0.2, -0.15) is 0 Å². The molecule has 0 aliphatic rings. The van der Waals surface area contributed by atoms with Crippen LogP contribution in [0.25, 0.3) is 22.1 Å². The molecule has 3 heteroatoms. The quantitative estimate of drug-likeness (QED) is 0.541. The summed E-state index contributed by atoms with van der Waals surface area (Å²) in [6.07, 6.45) is 1.45. The zero-order chi connectivity index (χ0) is 9.54. The van der Waals surface area contributed by atoms with Gasteiger partial charge in [0.2, 0.25) is 11.0 Å². The van der Waals surface area contributed by atoms with Crippen LogP contribution in [-0.2, 0) is 0 Å². The molecule has 2 aromatic heterocycles. The normalized spacial score (nSPS) is 11.1. The number of para-hydroxylation sites is 1. The van der Waals surface area contributed by atoms with Gasteiger partial charge >= 0.3 is 0 Å². The molecule has 0 fully saturated rings. The average molecular weight is 186 g/mol. The van der Waals surface area contributed by atoms with Crippen LogP contribution in [0.3, 0.4) is 0 Å². The maximum absolute atomic E-state index is 11.8. The lowest BCUT2D eigenvalue weighted by molar-refractivity contribution is 0.600. The lowest BCUT2D eigenvalue weighted by Gasteiger charge is -1.94. The molecular formula is C11H6O3. The van der Waals surface area contributed by atoms with Gasteiger partial charge in [-0.25, -0.2) is 0 Å². The van der Waals surface area contributed by atoms with Gasteiger partial charge in [-0.3, -0.25) is 4.79 Å². The number of furan rings is 1. The van der Waals surface area contributed by atoms with Gasteiger partial charge in [-0.15, -0.1) is 0 Å². The highest BCUT2D eigenvalue weighted by molar-refractivity contribution is 5.86. The largest absolute Gasteiger partial charge is 0.457 e. The van der Waals surface area contributed by atoms with Crippen molar-refractivity contribution in [2.24, 2.45) is 0 Å². The van der Waals surface area contributed by atoms with E-state index in [2.05, 4.69) is 0 Å². The summed E-state index contributed by atoms with van der Waals surface area (Å²) in [5.74, 6) is 0. The molecule has 68 valence electrons. The molecule has 0 saturated carbocycles. The summed E-state index contributed by atoms with van der Waals surface area (Å²) in [7, 11) is 0. The Balaban J connectivity index is 2.70. The molecule has 3 aromatic rings. The Bertz CT molecular complexity index is 661. The molecule has 0 atom stereocenters. The van der Waals surface area contributed by atoms with E-state index in [0.717, 1.165) is 0 Å². The second-order valence-corrected chi connectivity index (χ2v) is 3.04. The topological polar surface area (TPSA) is 43.4 Å². The lowest BCUT2D eigenvalue weighted by atomic mass is 10.2. The van der Waals surface area contributed by atoms with Crippen LogP contribution in [0.15, 0.2) is 50.2 Å². The monoisotopic (exact) mass is 186 g/mol. The van der Waals surface area contributed by atoms with E-state index in [0.29, 0.717) is 16.6 Å². The van der Waals surface area contributed by atoms with Crippen molar-refractivity contribution >= 4 is 22.1 Å². The van der Waals surface area contributed by atoms with Crippen LogP contribution < -0.4 is 5.43 Å². The zero-order valence-electron chi connectivity index (χ0n) is 7.19. The van der Waals surface area contributed by atoms with E-state index in [1.54, 1.807) is 24.3 Å². The van der Waals surface area contributed by atoms with E-state index in [4.69, 9.17) is 8.83 Å². The van der Waals surface area contributed by atoms with Crippen molar-refractivity contribution in [3.05, 3.63) is 46.8 Å². The highest BCUT2D eigenvalue weighted by atomic mass is 16.4. The minimum atomic E-state index is -0.119. The molecule has 14 heavy (non-hydrogen) atoms. The summed E-state index contributed by atoms with van der Waals surface area (Å²) in [6.45, 7) is 0. The Morgan fingerprint density at radius 1 is 1.00 bits per heavy atom. The van der Waals surface area contributed by atoms with Crippen LogP contribution in [0.2, 0.25) is 0 Å². The molecule has 1 aromatic carbocycles. The fourth-order valence-corrected chi connectivity index (χ4v) is 1.53. The summed E-state index contributed by atoms with van der Waals surface area (Å²) < 4.78 is 10.5. The number of benzene rings is 1. The second kappa shape index (κ2) is 2.48. The van der Waals surface area contributed by atoms with Gasteiger partial charge in [-0.05, 0) is 12.1 Å². The molecule has 0 radical (unpaired) electrons. The van der Waals surface area contributed by atoms with Crippen LogP contribution in [0, 0.1) is 0 Å². The molecule has 2 heterocycles. The first-order valence-electron chi connectivity index (χ1n) is 4.25. The van der Waals surface area contributed by atoms with Gasteiger partial charge < -0.3 is 8.83 Å². The van der Waals surface area contributed by atoms with E-state index in [1.807, 2.05) is 6.07 Å². The fraction of sp³-hybridized carbons (Fsp3) is 0. The Kier molecular flexibility index (Phi) is 1.31.